The van der Waals surface area contributed by atoms with E-state index in [2.05, 4.69) is 6.92 Å². The first-order valence-corrected chi connectivity index (χ1v) is 6.54. The minimum absolute atomic E-state index is 0.224. The average molecular weight is 236 g/mol. The molecule has 1 saturated carbocycles. The summed E-state index contributed by atoms with van der Waals surface area (Å²) in [5, 5.41) is 10.8. The molecule has 1 nitrogen and oxygen atoms in total. The van der Waals surface area contributed by atoms with Gasteiger partial charge >= 0.3 is 0 Å². The molecule has 1 aliphatic carbocycles. The summed E-state index contributed by atoms with van der Waals surface area (Å²) in [6, 6.07) is 4.72. The van der Waals surface area contributed by atoms with Crippen molar-refractivity contribution in [2.24, 2.45) is 5.92 Å². The van der Waals surface area contributed by atoms with Crippen LogP contribution in [0.25, 0.3) is 0 Å². The molecule has 17 heavy (non-hydrogen) atoms. The quantitative estimate of drug-likeness (QED) is 0.825. The molecule has 1 aliphatic rings. The van der Waals surface area contributed by atoms with Crippen LogP contribution in [-0.4, -0.2) is 5.11 Å². The zero-order chi connectivity index (χ0) is 12.5. The second-order valence-corrected chi connectivity index (χ2v) is 5.36. The Morgan fingerprint density at radius 3 is 2.88 bits per heavy atom. The highest BCUT2D eigenvalue weighted by molar-refractivity contribution is 5.32. The van der Waals surface area contributed by atoms with Gasteiger partial charge in [-0.05, 0) is 55.4 Å². The Labute approximate surface area is 103 Å². The molecular weight excluding hydrogens is 215 g/mol. The van der Waals surface area contributed by atoms with Crippen LogP contribution in [0, 0.1) is 18.7 Å². The van der Waals surface area contributed by atoms with Crippen molar-refractivity contribution < 1.29 is 9.50 Å². The molecule has 0 aliphatic heterocycles. The number of hydrogen-bond acceptors (Lipinski definition) is 1. The van der Waals surface area contributed by atoms with Crippen LogP contribution in [0.3, 0.4) is 0 Å². The fraction of sp³-hybridized carbons (Fsp3) is 0.600. The zero-order valence-electron chi connectivity index (χ0n) is 10.7. The van der Waals surface area contributed by atoms with E-state index in [1.807, 2.05) is 6.92 Å². The van der Waals surface area contributed by atoms with Crippen molar-refractivity contribution in [3.05, 3.63) is 35.1 Å². The van der Waals surface area contributed by atoms with Crippen LogP contribution in [0.4, 0.5) is 4.39 Å². The molecule has 2 rings (SSSR count). The van der Waals surface area contributed by atoms with Crippen molar-refractivity contribution in [3.8, 4) is 0 Å². The third-order valence-corrected chi connectivity index (χ3v) is 4.10. The lowest BCUT2D eigenvalue weighted by atomic mass is 9.72. The van der Waals surface area contributed by atoms with Crippen molar-refractivity contribution >= 4 is 0 Å². The van der Waals surface area contributed by atoms with Gasteiger partial charge in [-0.3, -0.25) is 0 Å². The number of aryl methyl sites for hydroxylation is 1. The Morgan fingerprint density at radius 1 is 1.47 bits per heavy atom. The first kappa shape index (κ1) is 12.6. The fourth-order valence-corrected chi connectivity index (χ4v) is 3.11. The monoisotopic (exact) mass is 236 g/mol. The average Bonchev–Trinajstić information content (AvgIpc) is 2.28. The van der Waals surface area contributed by atoms with Crippen molar-refractivity contribution in [1.82, 2.24) is 0 Å². The second-order valence-electron chi connectivity index (χ2n) is 5.36. The highest BCUT2D eigenvalue weighted by Crippen LogP contribution is 2.42. The van der Waals surface area contributed by atoms with Crippen LogP contribution in [0.15, 0.2) is 18.2 Å². The van der Waals surface area contributed by atoms with Gasteiger partial charge in [0.1, 0.15) is 5.82 Å². The molecule has 0 spiro atoms. The summed E-state index contributed by atoms with van der Waals surface area (Å²) in [4.78, 5) is 0. The van der Waals surface area contributed by atoms with Crippen LogP contribution in [0.1, 0.15) is 50.2 Å². The standard InChI is InChI=1S/C15H21FO/c1-3-12-5-4-8-15(17,10-12)14-7-6-13(16)9-11(14)2/h6-7,9,12,17H,3-5,8,10H2,1-2H3. The van der Waals surface area contributed by atoms with Gasteiger partial charge in [0.2, 0.25) is 0 Å². The summed E-state index contributed by atoms with van der Waals surface area (Å²) >= 11 is 0. The highest BCUT2D eigenvalue weighted by Gasteiger charge is 2.36. The van der Waals surface area contributed by atoms with Gasteiger partial charge in [0.25, 0.3) is 0 Å². The van der Waals surface area contributed by atoms with E-state index in [4.69, 9.17) is 0 Å². The van der Waals surface area contributed by atoms with Crippen molar-refractivity contribution in [2.75, 3.05) is 0 Å². The van der Waals surface area contributed by atoms with Crippen molar-refractivity contribution in [1.29, 1.82) is 0 Å². The minimum Gasteiger partial charge on any atom is -0.385 e. The molecule has 1 fully saturated rings. The maximum atomic E-state index is 13.1. The van der Waals surface area contributed by atoms with Gasteiger partial charge in [0.15, 0.2) is 0 Å². The van der Waals surface area contributed by atoms with Gasteiger partial charge < -0.3 is 5.11 Å². The van der Waals surface area contributed by atoms with Crippen molar-refractivity contribution in [3.63, 3.8) is 0 Å². The van der Waals surface area contributed by atoms with Crippen LogP contribution < -0.4 is 0 Å². The molecule has 2 unspecified atom stereocenters. The molecule has 0 bridgehead atoms. The lowest BCUT2D eigenvalue weighted by Gasteiger charge is -2.38. The molecular formula is C15H21FO. The summed E-state index contributed by atoms with van der Waals surface area (Å²) in [5.41, 5.74) is 1.04. The molecule has 2 heteroatoms. The van der Waals surface area contributed by atoms with E-state index < -0.39 is 5.60 Å². The highest BCUT2D eigenvalue weighted by atomic mass is 19.1. The topological polar surface area (TPSA) is 20.2 Å². The maximum absolute atomic E-state index is 13.1. The molecule has 1 aromatic rings. The van der Waals surface area contributed by atoms with Gasteiger partial charge in [0.05, 0.1) is 5.60 Å². The first-order valence-electron chi connectivity index (χ1n) is 6.54. The summed E-state index contributed by atoms with van der Waals surface area (Å²) in [6.07, 6.45) is 5.00. The predicted molar refractivity (Wildman–Crippen MR) is 67.3 cm³/mol. The molecule has 0 radical (unpaired) electrons. The first-order chi connectivity index (χ1) is 8.05. The van der Waals surface area contributed by atoms with Crippen LogP contribution in [0.2, 0.25) is 0 Å². The van der Waals surface area contributed by atoms with E-state index in [0.717, 1.165) is 36.8 Å². The van der Waals surface area contributed by atoms with E-state index in [1.54, 1.807) is 6.07 Å². The summed E-state index contributed by atoms with van der Waals surface area (Å²) in [5.74, 6) is 0.371. The van der Waals surface area contributed by atoms with Crippen LogP contribution in [-0.2, 0) is 5.60 Å². The van der Waals surface area contributed by atoms with Crippen LogP contribution in [0.5, 0.6) is 0 Å². The SMILES string of the molecule is CCC1CCCC(O)(c2ccc(F)cc2C)C1. The molecule has 1 aromatic carbocycles. The molecule has 0 aromatic heterocycles. The fourth-order valence-electron chi connectivity index (χ4n) is 3.11. The third-order valence-electron chi connectivity index (χ3n) is 4.10. The predicted octanol–water partition coefficient (Wildman–Crippen LogP) is 3.92. The summed E-state index contributed by atoms with van der Waals surface area (Å²) in [6.45, 7) is 4.06. The lowest BCUT2D eigenvalue weighted by molar-refractivity contribution is -0.0222. The normalized spacial score (nSPS) is 29.3. The minimum atomic E-state index is -0.739. The van der Waals surface area contributed by atoms with Crippen LogP contribution >= 0.6 is 0 Å². The van der Waals surface area contributed by atoms with Gasteiger partial charge in [-0.15, -0.1) is 0 Å². The molecule has 0 saturated heterocycles. The summed E-state index contributed by atoms with van der Waals surface area (Å²) in [7, 11) is 0. The van der Waals surface area contributed by atoms with E-state index in [-0.39, 0.29) is 5.82 Å². The number of aliphatic hydroxyl groups is 1. The number of rotatable bonds is 2. The molecule has 0 amide bonds. The Hall–Kier alpha value is -0.890. The smallest absolute Gasteiger partial charge is 0.123 e. The maximum Gasteiger partial charge on any atom is 0.123 e. The second kappa shape index (κ2) is 4.77. The molecule has 1 N–H and O–H groups in total. The zero-order valence-corrected chi connectivity index (χ0v) is 10.7. The number of hydrogen-bond donors (Lipinski definition) is 1. The van der Waals surface area contributed by atoms with E-state index in [0.29, 0.717) is 5.92 Å². The Morgan fingerprint density at radius 2 is 2.24 bits per heavy atom. The van der Waals surface area contributed by atoms with Gasteiger partial charge in [0, 0.05) is 0 Å². The van der Waals surface area contributed by atoms with Gasteiger partial charge in [-0.2, -0.15) is 0 Å². The Bertz CT molecular complexity index is 402. The Balaban J connectivity index is 2.30. The number of halogens is 1. The Kier molecular flexibility index (Phi) is 3.53. The molecule has 0 heterocycles. The molecule has 2 atom stereocenters. The van der Waals surface area contributed by atoms with E-state index >= 15 is 0 Å². The van der Waals surface area contributed by atoms with Gasteiger partial charge in [-0.1, -0.05) is 25.8 Å². The van der Waals surface area contributed by atoms with Crippen molar-refractivity contribution in [2.45, 2.75) is 51.6 Å². The van der Waals surface area contributed by atoms with E-state index in [1.165, 1.54) is 18.6 Å². The summed E-state index contributed by atoms with van der Waals surface area (Å²) < 4.78 is 13.1. The van der Waals surface area contributed by atoms with E-state index in [9.17, 15) is 9.50 Å². The largest absolute Gasteiger partial charge is 0.385 e. The lowest BCUT2D eigenvalue weighted by Crippen LogP contribution is -2.33. The molecule has 94 valence electrons. The third kappa shape index (κ3) is 2.52. The van der Waals surface area contributed by atoms with Gasteiger partial charge in [-0.25, -0.2) is 4.39 Å². The number of benzene rings is 1.